The van der Waals surface area contributed by atoms with E-state index < -0.39 is 0 Å². The van der Waals surface area contributed by atoms with Crippen LogP contribution in [0.25, 0.3) is 0 Å². The van der Waals surface area contributed by atoms with Crippen molar-refractivity contribution in [3.8, 4) is 5.75 Å². The molecule has 0 fully saturated rings. The molecule has 0 atom stereocenters. The fraction of sp³-hybridized carbons (Fsp3) is 0.444. The van der Waals surface area contributed by atoms with Crippen molar-refractivity contribution in [1.29, 1.82) is 0 Å². The average Bonchev–Trinajstić information content (AvgIpc) is 2.58. The van der Waals surface area contributed by atoms with Gasteiger partial charge in [-0.2, -0.15) is 0 Å². The molecule has 2 rings (SSSR count). The summed E-state index contributed by atoms with van der Waals surface area (Å²) in [6.45, 7) is 4.54. The zero-order valence-electron chi connectivity index (χ0n) is 13.6. The molecule has 1 amide bonds. The van der Waals surface area contributed by atoms with Gasteiger partial charge in [-0.3, -0.25) is 9.59 Å². The molecule has 5 nitrogen and oxygen atoms in total. The van der Waals surface area contributed by atoms with E-state index in [2.05, 4.69) is 16.7 Å². The molecule has 5 heteroatoms. The standard InChI is InChI=1S/C18H24N2O3/c1-14(21)16-4-6-17(7-5-16)23-12-2-3-18(22)20-13-15-8-10-19-11-9-15/h4-8,19H,2-3,9-13H2,1H3,(H,20,22). The highest BCUT2D eigenvalue weighted by Gasteiger charge is 2.06. The number of carbonyl (C=O) groups is 2. The second-order valence-electron chi connectivity index (χ2n) is 5.63. The smallest absolute Gasteiger partial charge is 0.220 e. The zero-order valence-corrected chi connectivity index (χ0v) is 13.6. The number of Topliss-reactive ketones (excluding diaryl/α,β-unsaturated/α-hetero) is 1. The van der Waals surface area contributed by atoms with Crippen LogP contribution in [0.2, 0.25) is 0 Å². The second-order valence-corrected chi connectivity index (χ2v) is 5.63. The highest BCUT2D eigenvalue weighted by atomic mass is 16.5. The van der Waals surface area contributed by atoms with Gasteiger partial charge in [0.05, 0.1) is 6.61 Å². The molecule has 0 aliphatic carbocycles. The Morgan fingerprint density at radius 1 is 1.26 bits per heavy atom. The van der Waals surface area contributed by atoms with E-state index in [1.165, 1.54) is 12.5 Å². The van der Waals surface area contributed by atoms with Crippen LogP contribution in [0.4, 0.5) is 0 Å². The summed E-state index contributed by atoms with van der Waals surface area (Å²) in [4.78, 5) is 22.9. The molecular formula is C18H24N2O3. The molecule has 0 aromatic heterocycles. The number of ketones is 1. The summed E-state index contributed by atoms with van der Waals surface area (Å²) in [5, 5.41) is 6.19. The minimum atomic E-state index is 0.0390. The van der Waals surface area contributed by atoms with E-state index in [0.29, 0.717) is 31.6 Å². The van der Waals surface area contributed by atoms with Gasteiger partial charge in [0.15, 0.2) is 5.78 Å². The van der Waals surface area contributed by atoms with E-state index in [0.717, 1.165) is 25.3 Å². The van der Waals surface area contributed by atoms with E-state index in [1.807, 2.05) is 0 Å². The van der Waals surface area contributed by atoms with Gasteiger partial charge in [0.25, 0.3) is 0 Å². The summed E-state index contributed by atoms with van der Waals surface area (Å²) >= 11 is 0. The fourth-order valence-electron chi connectivity index (χ4n) is 2.34. The van der Waals surface area contributed by atoms with Gasteiger partial charge >= 0.3 is 0 Å². The first-order valence-corrected chi connectivity index (χ1v) is 8.04. The van der Waals surface area contributed by atoms with E-state index in [-0.39, 0.29) is 11.7 Å². The number of carbonyl (C=O) groups excluding carboxylic acids is 2. The Labute approximate surface area is 137 Å². The quantitative estimate of drug-likeness (QED) is 0.438. The molecule has 0 saturated heterocycles. The maximum atomic E-state index is 11.8. The number of ether oxygens (including phenoxy) is 1. The largest absolute Gasteiger partial charge is 0.494 e. The van der Waals surface area contributed by atoms with Crippen molar-refractivity contribution in [3.63, 3.8) is 0 Å². The lowest BCUT2D eigenvalue weighted by Crippen LogP contribution is -2.29. The van der Waals surface area contributed by atoms with E-state index in [9.17, 15) is 9.59 Å². The van der Waals surface area contributed by atoms with Crippen LogP contribution >= 0.6 is 0 Å². The molecule has 0 spiro atoms. The molecule has 0 unspecified atom stereocenters. The molecule has 1 aliphatic rings. The summed E-state index contributed by atoms with van der Waals surface area (Å²) in [5.41, 5.74) is 1.96. The van der Waals surface area contributed by atoms with Crippen LogP contribution in [-0.2, 0) is 4.79 Å². The summed E-state index contributed by atoms with van der Waals surface area (Å²) in [5.74, 6) is 0.812. The molecule has 1 aromatic carbocycles. The number of hydrogen-bond donors (Lipinski definition) is 2. The van der Waals surface area contributed by atoms with Gasteiger partial charge in [0.2, 0.25) is 5.91 Å². The van der Waals surface area contributed by atoms with Gasteiger partial charge < -0.3 is 15.4 Å². The van der Waals surface area contributed by atoms with Crippen LogP contribution in [0.1, 0.15) is 36.5 Å². The molecular weight excluding hydrogens is 292 g/mol. The molecule has 23 heavy (non-hydrogen) atoms. The Morgan fingerprint density at radius 2 is 2.04 bits per heavy atom. The van der Waals surface area contributed by atoms with Gasteiger partial charge in [0.1, 0.15) is 5.75 Å². The van der Waals surface area contributed by atoms with Crippen LogP contribution in [0.15, 0.2) is 35.9 Å². The lowest BCUT2D eigenvalue weighted by Gasteiger charge is -2.14. The van der Waals surface area contributed by atoms with Crippen molar-refractivity contribution >= 4 is 11.7 Å². The second kappa shape index (κ2) is 9.10. The topological polar surface area (TPSA) is 67.4 Å². The van der Waals surface area contributed by atoms with Crippen molar-refractivity contribution in [1.82, 2.24) is 10.6 Å². The van der Waals surface area contributed by atoms with Gasteiger partial charge in [-0.1, -0.05) is 11.6 Å². The molecule has 2 N–H and O–H groups in total. The first-order valence-electron chi connectivity index (χ1n) is 8.04. The van der Waals surface area contributed by atoms with E-state index >= 15 is 0 Å². The van der Waals surface area contributed by atoms with Crippen LogP contribution in [-0.4, -0.2) is 37.9 Å². The Kier molecular flexibility index (Phi) is 6.81. The van der Waals surface area contributed by atoms with E-state index in [1.54, 1.807) is 24.3 Å². The number of benzene rings is 1. The maximum absolute atomic E-state index is 11.8. The molecule has 1 heterocycles. The maximum Gasteiger partial charge on any atom is 0.220 e. The molecule has 0 saturated carbocycles. The molecule has 0 radical (unpaired) electrons. The van der Waals surface area contributed by atoms with Crippen molar-refractivity contribution in [3.05, 3.63) is 41.5 Å². The summed E-state index contributed by atoms with van der Waals surface area (Å²) in [6, 6.07) is 7.05. The third-order valence-electron chi connectivity index (χ3n) is 3.75. The Balaban J connectivity index is 1.60. The predicted octanol–water partition coefficient (Wildman–Crippen LogP) is 2.08. The normalized spacial score (nSPS) is 14.0. The van der Waals surface area contributed by atoms with Crippen molar-refractivity contribution < 1.29 is 14.3 Å². The predicted molar refractivity (Wildman–Crippen MR) is 89.8 cm³/mol. The fourth-order valence-corrected chi connectivity index (χ4v) is 2.34. The van der Waals surface area contributed by atoms with Crippen LogP contribution < -0.4 is 15.4 Å². The Morgan fingerprint density at radius 3 is 2.70 bits per heavy atom. The third kappa shape index (κ3) is 6.24. The monoisotopic (exact) mass is 316 g/mol. The first kappa shape index (κ1) is 17.2. The number of amides is 1. The van der Waals surface area contributed by atoms with Gasteiger partial charge in [-0.05, 0) is 50.6 Å². The summed E-state index contributed by atoms with van der Waals surface area (Å²) in [7, 11) is 0. The Bertz CT molecular complexity index is 564. The summed E-state index contributed by atoms with van der Waals surface area (Å²) in [6.07, 6.45) is 4.26. The van der Waals surface area contributed by atoms with Gasteiger partial charge in [-0.15, -0.1) is 0 Å². The Hall–Kier alpha value is -2.14. The zero-order chi connectivity index (χ0) is 16.5. The highest BCUT2D eigenvalue weighted by molar-refractivity contribution is 5.94. The lowest BCUT2D eigenvalue weighted by atomic mass is 10.1. The van der Waals surface area contributed by atoms with Crippen LogP contribution in [0, 0.1) is 0 Å². The molecule has 124 valence electrons. The molecule has 1 aromatic rings. The van der Waals surface area contributed by atoms with Crippen LogP contribution in [0.5, 0.6) is 5.75 Å². The number of rotatable bonds is 8. The van der Waals surface area contributed by atoms with Crippen molar-refractivity contribution in [2.45, 2.75) is 26.2 Å². The number of hydrogen-bond acceptors (Lipinski definition) is 4. The first-order chi connectivity index (χ1) is 11.1. The van der Waals surface area contributed by atoms with Crippen LogP contribution in [0.3, 0.4) is 0 Å². The lowest BCUT2D eigenvalue weighted by molar-refractivity contribution is -0.121. The molecule has 0 bridgehead atoms. The van der Waals surface area contributed by atoms with Gasteiger partial charge in [0, 0.05) is 25.1 Å². The van der Waals surface area contributed by atoms with Gasteiger partial charge in [-0.25, -0.2) is 0 Å². The minimum absolute atomic E-state index is 0.0390. The molecule has 1 aliphatic heterocycles. The highest BCUT2D eigenvalue weighted by Crippen LogP contribution is 2.13. The third-order valence-corrected chi connectivity index (χ3v) is 3.75. The summed E-state index contributed by atoms with van der Waals surface area (Å²) < 4.78 is 5.57. The van der Waals surface area contributed by atoms with Crippen molar-refractivity contribution in [2.75, 3.05) is 26.2 Å². The average molecular weight is 316 g/mol. The SMILES string of the molecule is CC(=O)c1ccc(OCCCC(=O)NCC2=CCNCC2)cc1. The number of nitrogens with one attached hydrogen (secondary N) is 2. The van der Waals surface area contributed by atoms with Crippen molar-refractivity contribution in [2.24, 2.45) is 0 Å². The minimum Gasteiger partial charge on any atom is -0.494 e. The van der Waals surface area contributed by atoms with E-state index in [4.69, 9.17) is 4.74 Å².